The van der Waals surface area contributed by atoms with Crippen LogP contribution in [0.2, 0.25) is 0 Å². The molecule has 0 radical (unpaired) electrons. The zero-order valence-corrected chi connectivity index (χ0v) is 9.67. The number of esters is 1. The van der Waals surface area contributed by atoms with E-state index in [9.17, 15) is 4.79 Å². The molecule has 2 atom stereocenters. The molecule has 1 rings (SSSR count). The van der Waals surface area contributed by atoms with Gasteiger partial charge in [-0.1, -0.05) is 30.3 Å². The molecule has 0 N–H and O–H groups in total. The summed E-state index contributed by atoms with van der Waals surface area (Å²) < 4.78 is 15.1. The first-order chi connectivity index (χ1) is 7.74. The van der Waals surface area contributed by atoms with E-state index in [4.69, 9.17) is 9.47 Å². The zero-order chi connectivity index (χ0) is 12.0. The Morgan fingerprint density at radius 3 is 2.12 bits per heavy atom. The normalized spacial score (nSPS) is 14.2. The molecule has 0 aliphatic carbocycles. The van der Waals surface area contributed by atoms with E-state index in [1.165, 1.54) is 21.3 Å². The lowest BCUT2D eigenvalue weighted by Gasteiger charge is -2.22. The van der Waals surface area contributed by atoms with Crippen molar-refractivity contribution in [2.24, 2.45) is 0 Å². The maximum atomic E-state index is 11.5. The van der Waals surface area contributed by atoms with E-state index < -0.39 is 18.2 Å². The summed E-state index contributed by atoms with van der Waals surface area (Å²) in [7, 11) is 4.31. The van der Waals surface area contributed by atoms with Crippen molar-refractivity contribution in [3.63, 3.8) is 0 Å². The van der Waals surface area contributed by atoms with Crippen molar-refractivity contribution >= 4 is 5.97 Å². The van der Waals surface area contributed by atoms with Gasteiger partial charge in [-0.15, -0.1) is 0 Å². The summed E-state index contributed by atoms with van der Waals surface area (Å²) in [5, 5.41) is 0. The Hall–Kier alpha value is -1.39. The van der Waals surface area contributed by atoms with Crippen molar-refractivity contribution in [1.29, 1.82) is 0 Å². The molecular weight excluding hydrogens is 208 g/mol. The SMILES string of the molecule is COC(=O)[C@@H](OC)[C@H](OC)c1ccccc1. The van der Waals surface area contributed by atoms with Gasteiger partial charge >= 0.3 is 5.97 Å². The van der Waals surface area contributed by atoms with Gasteiger partial charge in [-0.2, -0.15) is 0 Å². The van der Waals surface area contributed by atoms with Gasteiger partial charge in [-0.3, -0.25) is 0 Å². The molecule has 0 aromatic heterocycles. The van der Waals surface area contributed by atoms with Gasteiger partial charge in [0.05, 0.1) is 7.11 Å². The highest BCUT2D eigenvalue weighted by molar-refractivity contribution is 5.75. The summed E-state index contributed by atoms with van der Waals surface area (Å²) in [5.41, 5.74) is 0.877. The Morgan fingerprint density at radius 1 is 1.06 bits per heavy atom. The van der Waals surface area contributed by atoms with Crippen molar-refractivity contribution in [1.82, 2.24) is 0 Å². The fourth-order valence-electron chi connectivity index (χ4n) is 1.54. The molecule has 0 aliphatic heterocycles. The Balaban J connectivity index is 2.92. The summed E-state index contributed by atoms with van der Waals surface area (Å²) in [6, 6.07) is 9.42. The Labute approximate surface area is 95.1 Å². The van der Waals surface area contributed by atoms with Crippen LogP contribution in [0.25, 0.3) is 0 Å². The lowest BCUT2D eigenvalue weighted by Crippen LogP contribution is -2.32. The van der Waals surface area contributed by atoms with Crippen LogP contribution in [0.15, 0.2) is 30.3 Å². The molecule has 0 spiro atoms. The highest BCUT2D eigenvalue weighted by atomic mass is 16.6. The minimum Gasteiger partial charge on any atom is -0.467 e. The van der Waals surface area contributed by atoms with Gasteiger partial charge in [0.25, 0.3) is 0 Å². The number of hydrogen-bond donors (Lipinski definition) is 0. The van der Waals surface area contributed by atoms with E-state index >= 15 is 0 Å². The number of rotatable bonds is 5. The van der Waals surface area contributed by atoms with Crippen LogP contribution in [0.5, 0.6) is 0 Å². The number of ether oxygens (including phenoxy) is 3. The van der Waals surface area contributed by atoms with E-state index in [0.29, 0.717) is 0 Å². The van der Waals surface area contributed by atoms with Crippen molar-refractivity contribution < 1.29 is 19.0 Å². The summed E-state index contributed by atoms with van der Waals surface area (Å²) >= 11 is 0. The molecule has 0 bridgehead atoms. The third kappa shape index (κ3) is 2.81. The average Bonchev–Trinajstić information content (AvgIpc) is 2.36. The van der Waals surface area contributed by atoms with Crippen LogP contribution in [0.3, 0.4) is 0 Å². The molecule has 1 aromatic rings. The highest BCUT2D eigenvalue weighted by Crippen LogP contribution is 2.23. The average molecular weight is 224 g/mol. The molecule has 0 saturated heterocycles. The smallest absolute Gasteiger partial charge is 0.338 e. The van der Waals surface area contributed by atoms with Gasteiger partial charge in [0.1, 0.15) is 6.10 Å². The molecule has 0 unspecified atom stereocenters. The minimum atomic E-state index is -0.752. The maximum absolute atomic E-state index is 11.5. The van der Waals surface area contributed by atoms with Gasteiger partial charge in [0, 0.05) is 14.2 Å². The molecule has 0 fully saturated rings. The molecule has 1 aromatic carbocycles. The minimum absolute atomic E-state index is 0.446. The molecular formula is C12H16O4. The van der Waals surface area contributed by atoms with E-state index in [-0.39, 0.29) is 0 Å². The van der Waals surface area contributed by atoms with Crippen LogP contribution in [0.4, 0.5) is 0 Å². The molecule has 0 saturated carbocycles. The second-order valence-electron chi connectivity index (χ2n) is 3.25. The molecule has 0 aliphatic rings. The number of hydrogen-bond acceptors (Lipinski definition) is 4. The second-order valence-corrected chi connectivity index (χ2v) is 3.25. The Bertz CT molecular complexity index is 323. The summed E-state index contributed by atoms with van der Waals surface area (Å²) in [4.78, 5) is 11.5. The third-order valence-corrected chi connectivity index (χ3v) is 2.34. The van der Waals surface area contributed by atoms with Gasteiger partial charge in [0.15, 0.2) is 6.10 Å². The van der Waals surface area contributed by atoms with Crippen LogP contribution < -0.4 is 0 Å². The number of methoxy groups -OCH3 is 3. The number of carbonyl (C=O) groups excluding carboxylic acids is 1. The highest BCUT2D eigenvalue weighted by Gasteiger charge is 2.30. The Kier molecular flexibility index (Phi) is 4.95. The van der Waals surface area contributed by atoms with Gasteiger partial charge in [-0.05, 0) is 5.56 Å². The quantitative estimate of drug-likeness (QED) is 0.712. The van der Waals surface area contributed by atoms with Crippen LogP contribution in [-0.2, 0) is 19.0 Å². The molecule has 88 valence electrons. The predicted octanol–water partition coefficient (Wildman–Crippen LogP) is 1.56. The lowest BCUT2D eigenvalue weighted by atomic mass is 10.0. The van der Waals surface area contributed by atoms with E-state index in [2.05, 4.69) is 4.74 Å². The van der Waals surface area contributed by atoms with Crippen molar-refractivity contribution in [3.8, 4) is 0 Å². The molecule has 4 heteroatoms. The fraction of sp³-hybridized carbons (Fsp3) is 0.417. The molecule has 0 heterocycles. The first kappa shape index (κ1) is 12.7. The van der Waals surface area contributed by atoms with Crippen LogP contribution in [-0.4, -0.2) is 33.4 Å². The van der Waals surface area contributed by atoms with Crippen LogP contribution in [0, 0.1) is 0 Å². The van der Waals surface area contributed by atoms with Crippen molar-refractivity contribution in [2.45, 2.75) is 12.2 Å². The van der Waals surface area contributed by atoms with Crippen LogP contribution in [0.1, 0.15) is 11.7 Å². The van der Waals surface area contributed by atoms with E-state index in [0.717, 1.165) is 5.56 Å². The number of benzene rings is 1. The van der Waals surface area contributed by atoms with Crippen LogP contribution >= 0.6 is 0 Å². The number of carbonyl (C=O) groups is 1. The summed E-state index contributed by atoms with van der Waals surface area (Å²) in [6.07, 6.45) is -1.21. The topological polar surface area (TPSA) is 44.8 Å². The fourth-order valence-corrected chi connectivity index (χ4v) is 1.54. The third-order valence-electron chi connectivity index (χ3n) is 2.34. The van der Waals surface area contributed by atoms with Gasteiger partial charge in [-0.25, -0.2) is 4.79 Å². The summed E-state index contributed by atoms with van der Waals surface area (Å²) in [5.74, 6) is -0.446. The first-order valence-corrected chi connectivity index (χ1v) is 4.93. The molecule has 4 nitrogen and oxygen atoms in total. The maximum Gasteiger partial charge on any atom is 0.338 e. The van der Waals surface area contributed by atoms with Gasteiger partial charge in [0.2, 0.25) is 0 Å². The second kappa shape index (κ2) is 6.25. The monoisotopic (exact) mass is 224 g/mol. The van der Waals surface area contributed by atoms with Crippen molar-refractivity contribution in [2.75, 3.05) is 21.3 Å². The Morgan fingerprint density at radius 2 is 1.69 bits per heavy atom. The van der Waals surface area contributed by atoms with E-state index in [1.54, 1.807) is 0 Å². The molecule has 0 amide bonds. The molecule has 16 heavy (non-hydrogen) atoms. The van der Waals surface area contributed by atoms with Gasteiger partial charge < -0.3 is 14.2 Å². The zero-order valence-electron chi connectivity index (χ0n) is 9.67. The standard InChI is InChI=1S/C12H16O4/c1-14-10(9-7-5-4-6-8-9)11(15-2)12(13)16-3/h4-8,10-11H,1-3H3/t10-,11+/m1/s1. The van der Waals surface area contributed by atoms with Crippen molar-refractivity contribution in [3.05, 3.63) is 35.9 Å². The van der Waals surface area contributed by atoms with E-state index in [1.807, 2.05) is 30.3 Å². The first-order valence-electron chi connectivity index (χ1n) is 4.93. The largest absolute Gasteiger partial charge is 0.467 e. The summed E-state index contributed by atoms with van der Waals surface area (Å²) in [6.45, 7) is 0. The predicted molar refractivity (Wildman–Crippen MR) is 59.0 cm³/mol. The lowest BCUT2D eigenvalue weighted by molar-refractivity contribution is -0.161.